The van der Waals surface area contributed by atoms with Gasteiger partial charge >= 0.3 is 19.8 Å². The van der Waals surface area contributed by atoms with Gasteiger partial charge in [0.05, 0.1) is 27.7 Å². The molecule has 0 fully saturated rings. The van der Waals surface area contributed by atoms with Crippen LogP contribution in [-0.4, -0.2) is 74.9 Å². The molecule has 0 bridgehead atoms. The lowest BCUT2D eigenvalue weighted by Crippen LogP contribution is -2.37. The minimum Gasteiger partial charge on any atom is -0.462 e. The second-order valence-corrected chi connectivity index (χ2v) is 26.0. The Morgan fingerprint density at radius 1 is 0.381 bits per heavy atom. The SMILES string of the molecule is CC/C=C\C/C=C\C/C=C\C/C=C\C/C=C\CCCCCCCCCCCCCC(=O)OC(COC(=O)CCCCCCCCCCCCCCCCCCCC/C=C\C/C=C\C/C=C\CCCCCCC)COP(=O)(O)OCC[N+](C)(C)C. The van der Waals surface area contributed by atoms with Gasteiger partial charge in [0, 0.05) is 12.8 Å². The summed E-state index contributed by atoms with van der Waals surface area (Å²) in [4.78, 5) is 35.9. The second kappa shape index (κ2) is 64.4. The van der Waals surface area contributed by atoms with Gasteiger partial charge in [0.15, 0.2) is 6.10 Å². The Bertz CT molecular complexity index is 1740. The third-order valence-electron chi connectivity index (χ3n) is 15.1. The van der Waals surface area contributed by atoms with E-state index in [1.54, 1.807) is 0 Å². The van der Waals surface area contributed by atoms with Crippen molar-refractivity contribution in [3.05, 3.63) is 97.2 Å². The van der Waals surface area contributed by atoms with Gasteiger partial charge < -0.3 is 18.9 Å². The minimum atomic E-state index is -4.40. The predicted octanol–water partition coefficient (Wildman–Crippen LogP) is 22.7. The summed E-state index contributed by atoms with van der Waals surface area (Å²) in [5.74, 6) is -0.794. The van der Waals surface area contributed by atoms with E-state index in [-0.39, 0.29) is 32.0 Å². The van der Waals surface area contributed by atoms with Gasteiger partial charge in [0.1, 0.15) is 19.8 Å². The minimum absolute atomic E-state index is 0.0285. The van der Waals surface area contributed by atoms with E-state index >= 15 is 0 Å². The lowest BCUT2D eigenvalue weighted by Gasteiger charge is -2.24. The number of phosphoric ester groups is 1. The Labute approximate surface area is 519 Å². The summed E-state index contributed by atoms with van der Waals surface area (Å²) < 4.78 is 34.7. The fourth-order valence-electron chi connectivity index (χ4n) is 9.76. The summed E-state index contributed by atoms with van der Waals surface area (Å²) in [5.41, 5.74) is 0. The molecule has 0 amide bonds. The molecule has 1 N–H and O–H groups in total. The summed E-state index contributed by atoms with van der Waals surface area (Å²) in [6.45, 7) is 4.33. The van der Waals surface area contributed by atoms with E-state index in [2.05, 4.69) is 111 Å². The van der Waals surface area contributed by atoms with Gasteiger partial charge in [0.25, 0.3) is 0 Å². The van der Waals surface area contributed by atoms with Crippen molar-refractivity contribution >= 4 is 19.8 Å². The van der Waals surface area contributed by atoms with Crippen LogP contribution in [-0.2, 0) is 32.7 Å². The number of carbonyl (C=O) groups is 2. The molecule has 0 radical (unpaired) electrons. The molecular formula is C74H133NO8P+. The first-order chi connectivity index (χ1) is 41.0. The Morgan fingerprint density at radius 2 is 0.679 bits per heavy atom. The molecule has 84 heavy (non-hydrogen) atoms. The maximum absolute atomic E-state index is 12.9. The lowest BCUT2D eigenvalue weighted by atomic mass is 10.0. The molecule has 486 valence electrons. The van der Waals surface area contributed by atoms with Gasteiger partial charge in [-0.1, -0.05) is 297 Å². The average Bonchev–Trinajstić information content (AvgIpc) is 3.61. The summed E-state index contributed by atoms with van der Waals surface area (Å²) in [7, 11) is 1.48. The van der Waals surface area contributed by atoms with Gasteiger partial charge in [0.2, 0.25) is 0 Å². The van der Waals surface area contributed by atoms with E-state index in [9.17, 15) is 19.0 Å². The first-order valence-electron chi connectivity index (χ1n) is 35.0. The average molecular weight is 1200 g/mol. The topological polar surface area (TPSA) is 108 Å². The zero-order chi connectivity index (χ0) is 61.2. The first-order valence-corrected chi connectivity index (χ1v) is 36.5. The predicted molar refractivity (Wildman–Crippen MR) is 362 cm³/mol. The molecule has 9 nitrogen and oxygen atoms in total. The maximum atomic E-state index is 12.9. The van der Waals surface area contributed by atoms with Crippen molar-refractivity contribution in [1.29, 1.82) is 0 Å². The summed E-state index contributed by atoms with van der Waals surface area (Å²) in [6, 6.07) is 0. The van der Waals surface area contributed by atoms with E-state index in [1.165, 1.54) is 186 Å². The van der Waals surface area contributed by atoms with Crippen LogP contribution in [0.3, 0.4) is 0 Å². The number of ether oxygens (including phenoxy) is 2. The number of carbonyl (C=O) groups excluding carboxylic acids is 2. The first kappa shape index (κ1) is 80.9. The Balaban J connectivity index is 4.04. The van der Waals surface area contributed by atoms with Gasteiger partial charge in [-0.25, -0.2) is 4.57 Å². The molecular weight excluding hydrogens is 1060 g/mol. The summed E-state index contributed by atoms with van der Waals surface area (Å²) in [5, 5.41) is 0. The van der Waals surface area contributed by atoms with Crippen LogP contribution in [0.4, 0.5) is 0 Å². The molecule has 0 heterocycles. The Kier molecular flexibility index (Phi) is 62.1. The van der Waals surface area contributed by atoms with Crippen molar-refractivity contribution in [2.45, 2.75) is 315 Å². The van der Waals surface area contributed by atoms with Gasteiger partial charge in [-0.05, 0) is 96.3 Å². The number of hydrogen-bond donors (Lipinski definition) is 1. The number of likely N-dealkylation sites (N-methyl/N-ethyl adjacent to an activating group) is 1. The molecule has 0 aromatic carbocycles. The van der Waals surface area contributed by atoms with E-state index in [0.717, 1.165) is 89.9 Å². The van der Waals surface area contributed by atoms with Crippen LogP contribution in [0.2, 0.25) is 0 Å². The standard InChI is InChI=1S/C74H132NO8P/c1-6-8-10-12-14-16-18-20-22-24-26-28-30-32-34-35-36-37-38-39-41-42-44-46-48-50-52-54-56-58-60-62-64-66-73(76)80-70-72(71-82-84(78,79)81-69-68-75(3,4)5)83-74(77)67-65-63-61-59-57-55-53-51-49-47-45-43-40-33-31-29-27-25-23-21-19-17-15-13-11-9-7-2/h9,11,15,17-18,20-21,23-24,26-27,29-30,32-33,40,72H,6-8,10,12-14,16,19,22,25,28,31,34-39,41-71H2,1-5H3/p+1/b11-9-,17-15-,20-18-,23-21-,26-24-,29-27-,32-30-,40-33-. The highest BCUT2D eigenvalue weighted by Gasteiger charge is 2.27. The molecule has 0 saturated carbocycles. The Morgan fingerprint density at radius 3 is 1.01 bits per heavy atom. The van der Waals surface area contributed by atoms with Crippen LogP contribution in [0.15, 0.2) is 97.2 Å². The van der Waals surface area contributed by atoms with Crippen LogP contribution < -0.4 is 0 Å². The molecule has 2 unspecified atom stereocenters. The molecule has 0 aromatic rings. The molecule has 0 spiro atoms. The van der Waals surface area contributed by atoms with Crippen LogP contribution >= 0.6 is 7.82 Å². The van der Waals surface area contributed by atoms with Crippen LogP contribution in [0, 0.1) is 0 Å². The van der Waals surface area contributed by atoms with Gasteiger partial charge in [-0.15, -0.1) is 0 Å². The number of allylic oxidation sites excluding steroid dienone is 16. The smallest absolute Gasteiger partial charge is 0.462 e. The van der Waals surface area contributed by atoms with E-state index in [4.69, 9.17) is 18.5 Å². The third-order valence-corrected chi connectivity index (χ3v) is 16.1. The fourth-order valence-corrected chi connectivity index (χ4v) is 10.5. The van der Waals surface area contributed by atoms with Crippen molar-refractivity contribution in [3.8, 4) is 0 Å². The molecule has 0 aliphatic heterocycles. The number of unbranched alkanes of at least 4 members (excludes halogenated alkanes) is 34. The molecule has 0 rings (SSSR count). The van der Waals surface area contributed by atoms with Crippen molar-refractivity contribution in [3.63, 3.8) is 0 Å². The molecule has 0 aliphatic carbocycles. The van der Waals surface area contributed by atoms with Gasteiger partial charge in [-0.3, -0.25) is 18.6 Å². The highest BCUT2D eigenvalue weighted by atomic mass is 31.2. The zero-order valence-corrected chi connectivity index (χ0v) is 56.3. The number of quaternary nitrogens is 1. The van der Waals surface area contributed by atoms with Crippen LogP contribution in [0.1, 0.15) is 309 Å². The van der Waals surface area contributed by atoms with E-state index in [1.807, 2.05) is 21.1 Å². The highest BCUT2D eigenvalue weighted by Crippen LogP contribution is 2.43. The number of esters is 2. The van der Waals surface area contributed by atoms with Crippen LogP contribution in [0.25, 0.3) is 0 Å². The van der Waals surface area contributed by atoms with Gasteiger partial charge in [-0.2, -0.15) is 0 Å². The number of phosphoric acid groups is 1. The maximum Gasteiger partial charge on any atom is 0.472 e. The van der Waals surface area contributed by atoms with Crippen molar-refractivity contribution in [2.75, 3.05) is 47.5 Å². The zero-order valence-electron chi connectivity index (χ0n) is 55.4. The van der Waals surface area contributed by atoms with Crippen molar-refractivity contribution in [2.24, 2.45) is 0 Å². The Hall–Kier alpha value is -3.07. The fraction of sp³-hybridized carbons (Fsp3) is 0.757. The van der Waals surface area contributed by atoms with E-state index < -0.39 is 26.5 Å². The quantitative estimate of drug-likeness (QED) is 0.0211. The van der Waals surface area contributed by atoms with Crippen molar-refractivity contribution in [1.82, 2.24) is 0 Å². The largest absolute Gasteiger partial charge is 0.472 e. The highest BCUT2D eigenvalue weighted by molar-refractivity contribution is 7.47. The monoisotopic (exact) mass is 1190 g/mol. The number of rotatable bonds is 64. The molecule has 10 heteroatoms. The summed E-state index contributed by atoms with van der Waals surface area (Å²) in [6.07, 6.45) is 89.4. The molecule has 0 aromatic heterocycles. The number of nitrogens with zero attached hydrogens (tertiary/aromatic N) is 1. The molecule has 2 atom stereocenters. The summed E-state index contributed by atoms with van der Waals surface area (Å²) >= 11 is 0. The lowest BCUT2D eigenvalue weighted by molar-refractivity contribution is -0.870. The third kappa shape index (κ3) is 68.0. The second-order valence-electron chi connectivity index (χ2n) is 24.5. The van der Waals surface area contributed by atoms with Crippen molar-refractivity contribution < 1.29 is 42.1 Å². The normalized spacial score (nSPS) is 13.7. The van der Waals surface area contributed by atoms with Crippen LogP contribution in [0.5, 0.6) is 0 Å². The molecule has 0 saturated heterocycles. The molecule has 0 aliphatic rings. The number of hydrogen-bond acceptors (Lipinski definition) is 7. The van der Waals surface area contributed by atoms with E-state index in [0.29, 0.717) is 17.4 Å².